The van der Waals surface area contributed by atoms with Gasteiger partial charge in [0.05, 0.1) is 5.92 Å². The van der Waals surface area contributed by atoms with Gasteiger partial charge in [0, 0.05) is 0 Å². The van der Waals surface area contributed by atoms with Crippen LogP contribution in [0.3, 0.4) is 0 Å². The Balaban J connectivity index is 2.61. The molecule has 0 aliphatic carbocycles. The van der Waals surface area contributed by atoms with Crippen molar-refractivity contribution in [1.82, 2.24) is 0 Å². The second-order valence-electron chi connectivity index (χ2n) is 4.66. The molecule has 0 heterocycles. The van der Waals surface area contributed by atoms with E-state index in [4.69, 9.17) is 15.9 Å². The van der Waals surface area contributed by atoms with Crippen LogP contribution in [0.15, 0.2) is 24.3 Å². The number of carbonyl (C=O) groups is 2. The zero-order chi connectivity index (χ0) is 15.8. The van der Waals surface area contributed by atoms with Gasteiger partial charge in [0.1, 0.15) is 11.8 Å². The minimum atomic E-state index is -1.15. The number of rotatable bonds is 9. The largest absolute Gasteiger partial charge is 0.481 e. The molecule has 1 aromatic rings. The predicted octanol–water partition coefficient (Wildman–Crippen LogP) is 1.43. The number of aliphatic carboxylic acids is 2. The van der Waals surface area contributed by atoms with Crippen molar-refractivity contribution >= 4 is 11.9 Å². The van der Waals surface area contributed by atoms with Crippen LogP contribution in [0.25, 0.3) is 0 Å². The van der Waals surface area contributed by atoms with Crippen LogP contribution in [0.1, 0.15) is 18.4 Å². The van der Waals surface area contributed by atoms with Crippen LogP contribution in [0, 0.1) is 5.92 Å². The summed E-state index contributed by atoms with van der Waals surface area (Å²) < 4.78 is 16.6. The van der Waals surface area contributed by atoms with E-state index >= 15 is 0 Å². The van der Waals surface area contributed by atoms with Crippen molar-refractivity contribution in [3.63, 3.8) is 0 Å². The van der Waals surface area contributed by atoms with E-state index in [1.54, 1.807) is 24.3 Å². The average molecular weight is 299 g/mol. The Morgan fingerprint density at radius 1 is 1.14 bits per heavy atom. The minimum Gasteiger partial charge on any atom is -0.481 e. The third kappa shape index (κ3) is 5.78. The Bertz CT molecular complexity index is 477. The van der Waals surface area contributed by atoms with Crippen molar-refractivity contribution in [1.29, 1.82) is 0 Å². The Morgan fingerprint density at radius 3 is 2.24 bits per heavy atom. The van der Waals surface area contributed by atoms with Crippen LogP contribution in [-0.4, -0.2) is 35.1 Å². The van der Waals surface area contributed by atoms with Gasteiger partial charge in [-0.15, -0.1) is 0 Å². The smallest absolute Gasteiger partial charge is 0.320 e. The molecule has 0 aliphatic rings. The van der Waals surface area contributed by atoms with E-state index in [1.807, 2.05) is 0 Å². The molecule has 2 atom stereocenters. The van der Waals surface area contributed by atoms with E-state index in [2.05, 4.69) is 4.74 Å². The summed E-state index contributed by atoms with van der Waals surface area (Å²) in [6.07, 6.45) is 0.512. The number of carboxylic acids is 2. The fraction of sp³-hybridized carbons (Fsp3) is 0.429. The van der Waals surface area contributed by atoms with Gasteiger partial charge in [0.15, 0.2) is 0 Å². The molecule has 1 aromatic carbocycles. The summed E-state index contributed by atoms with van der Waals surface area (Å²) in [5.41, 5.74) is 6.11. The first-order valence-corrected chi connectivity index (χ1v) is 6.43. The Morgan fingerprint density at radius 2 is 1.76 bits per heavy atom. The fourth-order valence-electron chi connectivity index (χ4n) is 1.89. The van der Waals surface area contributed by atoms with E-state index in [1.165, 1.54) is 0 Å². The molecule has 116 valence electrons. The van der Waals surface area contributed by atoms with Gasteiger partial charge in [-0.2, -0.15) is 0 Å². The second-order valence-corrected chi connectivity index (χ2v) is 4.66. The van der Waals surface area contributed by atoms with E-state index in [9.17, 15) is 14.0 Å². The summed E-state index contributed by atoms with van der Waals surface area (Å²) in [5, 5.41) is 17.8. The van der Waals surface area contributed by atoms with E-state index in [0.29, 0.717) is 5.75 Å². The molecule has 0 saturated heterocycles. The number of ether oxygens (including phenoxy) is 1. The maximum Gasteiger partial charge on any atom is 0.320 e. The summed E-state index contributed by atoms with van der Waals surface area (Å²) in [5.74, 6) is -2.51. The summed E-state index contributed by atoms with van der Waals surface area (Å²) >= 11 is 0. The van der Waals surface area contributed by atoms with Gasteiger partial charge in [-0.3, -0.25) is 9.59 Å². The number of hydrogen-bond acceptors (Lipinski definition) is 4. The number of hydrogen-bond donors (Lipinski definition) is 3. The average Bonchev–Trinajstić information content (AvgIpc) is 2.44. The van der Waals surface area contributed by atoms with Crippen molar-refractivity contribution in [3.8, 4) is 5.75 Å². The minimum absolute atomic E-state index is 0.0926. The highest BCUT2D eigenvalue weighted by atomic mass is 19.1. The van der Waals surface area contributed by atoms with Gasteiger partial charge in [-0.25, -0.2) is 4.39 Å². The van der Waals surface area contributed by atoms with Crippen LogP contribution in [-0.2, 0) is 16.0 Å². The van der Waals surface area contributed by atoms with Crippen LogP contribution < -0.4 is 10.5 Å². The van der Waals surface area contributed by atoms with Crippen LogP contribution in [0.4, 0.5) is 4.39 Å². The lowest BCUT2D eigenvalue weighted by Crippen LogP contribution is -2.31. The van der Waals surface area contributed by atoms with Crippen LogP contribution in [0.5, 0.6) is 5.75 Å². The van der Waals surface area contributed by atoms with Gasteiger partial charge in [-0.05, 0) is 37.0 Å². The highest BCUT2D eigenvalue weighted by Crippen LogP contribution is 2.18. The highest BCUT2D eigenvalue weighted by Gasteiger charge is 2.21. The highest BCUT2D eigenvalue weighted by molar-refractivity contribution is 5.73. The fourth-order valence-corrected chi connectivity index (χ4v) is 1.89. The molecule has 0 saturated carbocycles. The van der Waals surface area contributed by atoms with Gasteiger partial charge in [0.2, 0.25) is 6.86 Å². The molecule has 1 unspecified atom stereocenters. The molecular weight excluding hydrogens is 281 g/mol. The molecule has 21 heavy (non-hydrogen) atoms. The lowest BCUT2D eigenvalue weighted by molar-refractivity contribution is -0.143. The number of benzene rings is 1. The molecule has 6 nitrogen and oxygen atoms in total. The summed E-state index contributed by atoms with van der Waals surface area (Å²) in [6, 6.07) is 5.34. The molecule has 4 N–H and O–H groups in total. The van der Waals surface area contributed by atoms with E-state index in [0.717, 1.165) is 5.56 Å². The predicted molar refractivity (Wildman–Crippen MR) is 72.7 cm³/mol. The number of nitrogens with two attached hydrogens (primary N) is 1. The van der Waals surface area contributed by atoms with Crippen LogP contribution >= 0.6 is 0 Å². The Hall–Kier alpha value is -2.15. The zero-order valence-corrected chi connectivity index (χ0v) is 11.4. The quantitative estimate of drug-likeness (QED) is 0.636. The topological polar surface area (TPSA) is 110 Å². The lowest BCUT2D eigenvalue weighted by atomic mass is 9.93. The molecule has 1 rings (SSSR count). The van der Waals surface area contributed by atoms with Crippen LogP contribution in [0.2, 0.25) is 0 Å². The maximum absolute atomic E-state index is 12.0. The zero-order valence-electron chi connectivity index (χ0n) is 11.4. The molecule has 7 heteroatoms. The Labute approximate surface area is 121 Å². The molecular formula is C14H18FNO5. The van der Waals surface area contributed by atoms with Gasteiger partial charge < -0.3 is 20.7 Å². The van der Waals surface area contributed by atoms with Crippen molar-refractivity contribution in [3.05, 3.63) is 29.8 Å². The molecule has 0 radical (unpaired) electrons. The number of carboxylic acid groups (broad SMARTS) is 2. The first-order chi connectivity index (χ1) is 9.93. The van der Waals surface area contributed by atoms with Gasteiger partial charge in [0.25, 0.3) is 0 Å². The number of alkyl halides is 1. The third-order valence-corrected chi connectivity index (χ3v) is 3.12. The van der Waals surface area contributed by atoms with Crippen molar-refractivity contribution in [2.45, 2.75) is 25.3 Å². The molecule has 0 aliphatic heterocycles. The second kappa shape index (κ2) is 8.21. The summed E-state index contributed by atoms with van der Waals surface area (Å²) in [4.78, 5) is 21.8. The van der Waals surface area contributed by atoms with Crippen molar-refractivity contribution in [2.75, 3.05) is 6.86 Å². The molecule has 0 spiro atoms. The standard InChI is InChI=1S/C14H18FNO5/c15-8-21-11-4-1-9(2-5-11)7-10(13(17)18)3-6-12(16)14(19)20/h1-2,4-5,10,12H,3,6-8,16H2,(H,17,18)(H,19,20)/t10?,12-/m0/s1. The van der Waals surface area contributed by atoms with Crippen molar-refractivity contribution in [2.24, 2.45) is 11.7 Å². The third-order valence-electron chi connectivity index (χ3n) is 3.12. The van der Waals surface area contributed by atoms with Crippen molar-refractivity contribution < 1.29 is 28.9 Å². The van der Waals surface area contributed by atoms with Gasteiger partial charge in [-0.1, -0.05) is 12.1 Å². The molecule has 0 amide bonds. The SMILES string of the molecule is N[C@@H](CCC(Cc1ccc(OCF)cc1)C(=O)O)C(=O)O. The Kier molecular flexibility index (Phi) is 6.61. The lowest BCUT2D eigenvalue weighted by Gasteiger charge is -2.14. The van der Waals surface area contributed by atoms with Gasteiger partial charge >= 0.3 is 11.9 Å². The maximum atomic E-state index is 12.0. The molecule has 0 aromatic heterocycles. The summed E-state index contributed by atoms with van der Waals surface area (Å²) in [6.45, 7) is -0.926. The normalized spacial score (nSPS) is 13.4. The molecule has 0 bridgehead atoms. The first-order valence-electron chi connectivity index (χ1n) is 6.43. The number of halogens is 1. The van der Waals surface area contributed by atoms with E-state index < -0.39 is 30.8 Å². The monoisotopic (exact) mass is 299 g/mol. The molecule has 0 fully saturated rings. The van der Waals surface area contributed by atoms with E-state index in [-0.39, 0.29) is 19.3 Å². The summed E-state index contributed by atoms with van der Waals surface area (Å²) in [7, 11) is 0. The first kappa shape index (κ1) is 16.9.